The fourth-order valence-electron chi connectivity index (χ4n) is 2.10. The zero-order chi connectivity index (χ0) is 18.9. The number of nitro groups is 1. The monoisotopic (exact) mass is 356 g/mol. The van der Waals surface area contributed by atoms with Crippen LogP contribution in [0.15, 0.2) is 54.6 Å². The zero-order valence-corrected chi connectivity index (χ0v) is 13.7. The van der Waals surface area contributed by atoms with Gasteiger partial charge in [-0.3, -0.25) is 24.5 Å². The van der Waals surface area contributed by atoms with E-state index >= 15 is 0 Å². The molecule has 0 spiro atoms. The van der Waals surface area contributed by atoms with E-state index in [1.165, 1.54) is 24.3 Å². The molecule has 2 aromatic carbocycles. The van der Waals surface area contributed by atoms with E-state index in [4.69, 9.17) is 4.74 Å². The molecule has 0 aliphatic heterocycles. The van der Waals surface area contributed by atoms with Crippen LogP contribution in [0.25, 0.3) is 0 Å². The molecular weight excluding hydrogens is 340 g/mol. The van der Waals surface area contributed by atoms with Crippen molar-refractivity contribution in [1.29, 1.82) is 0 Å². The van der Waals surface area contributed by atoms with Gasteiger partial charge < -0.3 is 10.1 Å². The summed E-state index contributed by atoms with van der Waals surface area (Å²) in [7, 11) is 0. The molecular formula is C18H16N2O6. The summed E-state index contributed by atoms with van der Waals surface area (Å²) < 4.78 is 4.80. The highest BCUT2D eigenvalue weighted by molar-refractivity contribution is 5.98. The quantitative estimate of drug-likeness (QED) is 0.336. The van der Waals surface area contributed by atoms with Crippen molar-refractivity contribution in [3.8, 4) is 0 Å². The van der Waals surface area contributed by atoms with Gasteiger partial charge in [0, 0.05) is 29.8 Å². The predicted octanol–water partition coefficient (Wildman–Crippen LogP) is 2.74. The minimum atomic E-state index is -0.677. The zero-order valence-electron chi connectivity index (χ0n) is 13.7. The van der Waals surface area contributed by atoms with Crippen molar-refractivity contribution < 1.29 is 24.0 Å². The lowest BCUT2D eigenvalue weighted by Gasteiger charge is -2.06. The maximum absolute atomic E-state index is 11.9. The Labute approximate surface area is 148 Å². The van der Waals surface area contributed by atoms with Crippen LogP contribution in [0.5, 0.6) is 0 Å². The summed E-state index contributed by atoms with van der Waals surface area (Å²) in [5.41, 5.74) is 0.558. The molecule has 134 valence electrons. The van der Waals surface area contributed by atoms with Gasteiger partial charge in [-0.25, -0.2) is 0 Å². The van der Waals surface area contributed by atoms with Crippen molar-refractivity contribution in [2.75, 3.05) is 11.9 Å². The van der Waals surface area contributed by atoms with E-state index in [0.29, 0.717) is 5.56 Å². The van der Waals surface area contributed by atoms with E-state index in [9.17, 15) is 24.5 Å². The third-order valence-electron chi connectivity index (χ3n) is 3.36. The Morgan fingerprint density at radius 3 is 2.42 bits per heavy atom. The van der Waals surface area contributed by atoms with Crippen LogP contribution in [0.4, 0.5) is 11.4 Å². The molecule has 0 aromatic heterocycles. The summed E-state index contributed by atoms with van der Waals surface area (Å²) in [6.45, 7) is -0.541. The summed E-state index contributed by atoms with van der Waals surface area (Å²) in [5.74, 6) is -1.50. The Hall–Kier alpha value is -3.55. The number of nitrogens with one attached hydrogen (secondary N) is 1. The van der Waals surface area contributed by atoms with E-state index in [2.05, 4.69) is 5.32 Å². The number of nitro benzene ring substituents is 1. The van der Waals surface area contributed by atoms with Gasteiger partial charge in [0.15, 0.2) is 12.4 Å². The van der Waals surface area contributed by atoms with E-state index in [1.807, 2.05) is 0 Å². The van der Waals surface area contributed by atoms with Gasteiger partial charge in [0.2, 0.25) is 0 Å². The number of Topliss-reactive ketones (excluding diaryl/α,β-unsaturated/α-hetero) is 1. The summed E-state index contributed by atoms with van der Waals surface area (Å²) >= 11 is 0. The fourth-order valence-corrected chi connectivity index (χ4v) is 2.10. The van der Waals surface area contributed by atoms with Gasteiger partial charge in [-0.1, -0.05) is 36.4 Å². The van der Waals surface area contributed by atoms with Crippen LogP contribution in [0, 0.1) is 10.1 Å². The van der Waals surface area contributed by atoms with Crippen LogP contribution in [0.2, 0.25) is 0 Å². The Morgan fingerprint density at radius 2 is 1.73 bits per heavy atom. The highest BCUT2D eigenvalue weighted by Gasteiger charge is 2.13. The number of hydrogen-bond acceptors (Lipinski definition) is 6. The number of non-ortho nitro benzene ring substituents is 1. The third-order valence-corrected chi connectivity index (χ3v) is 3.36. The average molecular weight is 356 g/mol. The van der Waals surface area contributed by atoms with Crippen molar-refractivity contribution in [3.63, 3.8) is 0 Å². The summed E-state index contributed by atoms with van der Waals surface area (Å²) in [6, 6.07) is 13.9. The lowest BCUT2D eigenvalue weighted by molar-refractivity contribution is -0.384. The number of ketones is 1. The van der Waals surface area contributed by atoms with E-state index in [0.717, 1.165) is 0 Å². The third kappa shape index (κ3) is 5.82. The van der Waals surface area contributed by atoms with Gasteiger partial charge in [0.05, 0.1) is 11.3 Å². The maximum atomic E-state index is 11.9. The van der Waals surface area contributed by atoms with Gasteiger partial charge in [-0.15, -0.1) is 0 Å². The van der Waals surface area contributed by atoms with Crippen molar-refractivity contribution >= 4 is 29.0 Å². The summed E-state index contributed by atoms with van der Waals surface area (Å²) in [4.78, 5) is 45.3. The SMILES string of the molecule is O=C(COC(=O)CCC(=O)c1ccccc1)Nc1cccc([N+](=O)[O-])c1. The van der Waals surface area contributed by atoms with Gasteiger partial charge >= 0.3 is 5.97 Å². The Balaban J connectivity index is 1.75. The number of anilines is 1. The number of amides is 1. The molecule has 8 heteroatoms. The average Bonchev–Trinajstić information content (AvgIpc) is 2.65. The van der Waals surface area contributed by atoms with E-state index in [1.54, 1.807) is 30.3 Å². The lowest BCUT2D eigenvalue weighted by Crippen LogP contribution is -2.21. The molecule has 0 bridgehead atoms. The molecule has 0 radical (unpaired) electrons. The topological polar surface area (TPSA) is 116 Å². The normalized spacial score (nSPS) is 10.0. The largest absolute Gasteiger partial charge is 0.456 e. The van der Waals surface area contributed by atoms with Crippen LogP contribution in [0.3, 0.4) is 0 Å². The number of esters is 1. The fraction of sp³-hybridized carbons (Fsp3) is 0.167. The van der Waals surface area contributed by atoms with Gasteiger partial charge in [0.1, 0.15) is 0 Å². The molecule has 0 saturated heterocycles. The number of nitrogens with zero attached hydrogens (tertiary/aromatic N) is 1. The number of carbonyl (C=O) groups excluding carboxylic acids is 3. The second kappa shape index (κ2) is 9.07. The van der Waals surface area contributed by atoms with Crippen molar-refractivity contribution in [3.05, 3.63) is 70.3 Å². The van der Waals surface area contributed by atoms with Gasteiger partial charge in [-0.2, -0.15) is 0 Å². The first-order chi connectivity index (χ1) is 12.5. The molecule has 0 saturated carbocycles. The minimum absolute atomic E-state index is 0.0185. The first-order valence-electron chi connectivity index (χ1n) is 7.74. The summed E-state index contributed by atoms with van der Waals surface area (Å²) in [5, 5.41) is 13.1. The molecule has 0 aliphatic carbocycles. The molecule has 0 atom stereocenters. The van der Waals surface area contributed by atoms with Crippen molar-refractivity contribution in [1.82, 2.24) is 0 Å². The first kappa shape index (κ1) is 18.8. The Bertz CT molecular complexity index is 819. The van der Waals surface area contributed by atoms with Crippen LogP contribution in [-0.2, 0) is 14.3 Å². The van der Waals surface area contributed by atoms with E-state index < -0.39 is 23.4 Å². The molecule has 1 N–H and O–H groups in total. The number of benzene rings is 2. The molecule has 26 heavy (non-hydrogen) atoms. The van der Waals surface area contributed by atoms with Crippen LogP contribution < -0.4 is 5.32 Å². The molecule has 2 aromatic rings. The van der Waals surface area contributed by atoms with Gasteiger partial charge in [0.25, 0.3) is 11.6 Å². The molecule has 8 nitrogen and oxygen atoms in total. The molecule has 0 fully saturated rings. The van der Waals surface area contributed by atoms with Gasteiger partial charge in [-0.05, 0) is 6.07 Å². The molecule has 2 rings (SSSR count). The van der Waals surface area contributed by atoms with Crippen molar-refractivity contribution in [2.24, 2.45) is 0 Å². The second-order valence-electron chi connectivity index (χ2n) is 5.31. The number of rotatable bonds is 8. The smallest absolute Gasteiger partial charge is 0.306 e. The maximum Gasteiger partial charge on any atom is 0.306 e. The molecule has 0 aliphatic rings. The highest BCUT2D eigenvalue weighted by atomic mass is 16.6. The number of hydrogen-bond donors (Lipinski definition) is 1. The molecule has 1 amide bonds. The van der Waals surface area contributed by atoms with Crippen LogP contribution in [-0.4, -0.2) is 29.2 Å². The lowest BCUT2D eigenvalue weighted by atomic mass is 10.1. The van der Waals surface area contributed by atoms with E-state index in [-0.39, 0.29) is 30.0 Å². The predicted molar refractivity (Wildman–Crippen MR) is 92.7 cm³/mol. The second-order valence-corrected chi connectivity index (χ2v) is 5.31. The van der Waals surface area contributed by atoms with Crippen LogP contribution in [0.1, 0.15) is 23.2 Å². The Kier molecular flexibility index (Phi) is 6.55. The molecule has 0 heterocycles. The van der Waals surface area contributed by atoms with Crippen molar-refractivity contribution in [2.45, 2.75) is 12.8 Å². The minimum Gasteiger partial charge on any atom is -0.456 e. The first-order valence-corrected chi connectivity index (χ1v) is 7.74. The number of ether oxygens (including phenoxy) is 1. The highest BCUT2D eigenvalue weighted by Crippen LogP contribution is 2.16. The number of carbonyl (C=O) groups is 3. The Morgan fingerprint density at radius 1 is 1.00 bits per heavy atom. The molecule has 0 unspecified atom stereocenters. The van der Waals surface area contributed by atoms with Crippen LogP contribution >= 0.6 is 0 Å². The summed E-state index contributed by atoms with van der Waals surface area (Å²) in [6.07, 6.45) is -0.160. The standard InChI is InChI=1S/C18H16N2O6/c21-16(13-5-2-1-3-6-13)9-10-18(23)26-12-17(22)19-14-7-4-8-15(11-14)20(24)25/h1-8,11H,9-10,12H2,(H,19,22).